The predicted molar refractivity (Wildman–Crippen MR) is 75.3 cm³/mol. The molecule has 13 nitrogen and oxygen atoms in total. The van der Waals surface area contributed by atoms with Crippen molar-refractivity contribution in [3.05, 3.63) is 33.1 Å². The van der Waals surface area contributed by atoms with Gasteiger partial charge in [-0.15, -0.1) is 0 Å². The van der Waals surface area contributed by atoms with Crippen LogP contribution >= 0.6 is 7.82 Å². The van der Waals surface area contributed by atoms with Crippen molar-refractivity contribution in [3.63, 3.8) is 0 Å². The third-order valence-electron chi connectivity index (χ3n) is 2.87. The van der Waals surface area contributed by atoms with Gasteiger partial charge < -0.3 is 37.0 Å². The van der Waals surface area contributed by atoms with Crippen LogP contribution in [0.1, 0.15) is 6.23 Å². The lowest BCUT2D eigenvalue weighted by Crippen LogP contribution is -2.37. The first kappa shape index (κ1) is 21.6. The van der Waals surface area contributed by atoms with Gasteiger partial charge in [0.05, 0.1) is 6.61 Å². The SMILES string of the molecule is N.N.O=c1ccn([C@@H]2O[C@H](COP(=O)(O)O)[C@@H](O)[C@H]2O)[14c](=O)[nH]1. The lowest BCUT2D eigenvalue weighted by molar-refractivity contribution is -0.0543. The fraction of sp³-hybridized carbons (Fsp3) is 0.556. The Kier molecular flexibility index (Phi) is 7.43. The van der Waals surface area contributed by atoms with Crippen molar-refractivity contribution in [2.75, 3.05) is 6.61 Å². The fourth-order valence-corrected chi connectivity index (χ4v) is 2.24. The second kappa shape index (κ2) is 7.92. The van der Waals surface area contributed by atoms with Gasteiger partial charge in [-0.05, 0) is 0 Å². The molecule has 1 aliphatic heterocycles. The van der Waals surface area contributed by atoms with Gasteiger partial charge in [-0.2, -0.15) is 0 Å². The number of aliphatic hydroxyl groups excluding tert-OH is 2. The maximum absolute atomic E-state index is 11.6. The number of rotatable bonds is 4. The topological polar surface area (TPSA) is 241 Å². The Bertz CT molecular complexity index is 669. The molecule has 0 unspecified atom stereocenters. The summed E-state index contributed by atoms with van der Waals surface area (Å²) in [6.45, 7) is -0.683. The number of H-pyrrole nitrogens is 1. The van der Waals surface area contributed by atoms with Crippen LogP contribution in [-0.4, -0.2) is 54.5 Å². The molecule has 2 rings (SSSR count). The first-order valence-corrected chi connectivity index (χ1v) is 7.25. The van der Waals surface area contributed by atoms with Crippen LogP contribution in [-0.2, 0) is 13.8 Å². The van der Waals surface area contributed by atoms with Gasteiger partial charge >= 0.3 is 13.5 Å². The molecule has 1 fully saturated rings. The van der Waals surface area contributed by atoms with Crippen molar-refractivity contribution in [2.24, 2.45) is 0 Å². The molecule has 0 radical (unpaired) electrons. The number of ether oxygens (including phenoxy) is 1. The molecular formula is C9H19N4O9P. The quantitative estimate of drug-likeness (QED) is 0.279. The molecule has 1 aromatic heterocycles. The van der Waals surface area contributed by atoms with E-state index < -0.39 is 50.2 Å². The van der Waals surface area contributed by atoms with Gasteiger partial charge in [0.1, 0.15) is 18.3 Å². The highest BCUT2D eigenvalue weighted by Crippen LogP contribution is 2.38. The van der Waals surface area contributed by atoms with E-state index in [1.807, 2.05) is 4.98 Å². The van der Waals surface area contributed by atoms with Crippen LogP contribution < -0.4 is 23.6 Å². The van der Waals surface area contributed by atoms with Crippen LogP contribution in [0.3, 0.4) is 0 Å². The zero-order valence-corrected chi connectivity index (χ0v) is 12.7. The van der Waals surface area contributed by atoms with Crippen molar-refractivity contribution in [1.82, 2.24) is 21.9 Å². The molecule has 0 aromatic carbocycles. The number of aliphatic hydroxyl groups is 2. The normalized spacial score (nSPS) is 27.1. The first-order valence-electron chi connectivity index (χ1n) is 5.72. The monoisotopic (exact) mass is 360 g/mol. The van der Waals surface area contributed by atoms with Crippen LogP contribution in [0, 0.1) is 0 Å². The molecule has 0 saturated carbocycles. The van der Waals surface area contributed by atoms with Gasteiger partial charge in [0.25, 0.3) is 5.56 Å². The van der Waals surface area contributed by atoms with E-state index in [9.17, 15) is 24.4 Å². The molecule has 1 saturated heterocycles. The Morgan fingerprint density at radius 2 is 1.96 bits per heavy atom. The van der Waals surface area contributed by atoms with Gasteiger partial charge in [0, 0.05) is 12.3 Å². The minimum atomic E-state index is -4.76. The molecule has 134 valence electrons. The number of nitrogens with zero attached hydrogens (tertiary/aromatic N) is 1. The highest BCUT2D eigenvalue weighted by molar-refractivity contribution is 7.46. The largest absolute Gasteiger partial charge is 0.469 e. The molecule has 14 heteroatoms. The molecule has 1 aromatic rings. The summed E-state index contributed by atoms with van der Waals surface area (Å²) < 4.78 is 20.8. The molecule has 1 aliphatic rings. The molecule has 0 spiro atoms. The van der Waals surface area contributed by atoms with Crippen LogP contribution in [0.15, 0.2) is 21.9 Å². The fourth-order valence-electron chi connectivity index (χ4n) is 1.89. The lowest BCUT2D eigenvalue weighted by atomic mass is 10.1. The van der Waals surface area contributed by atoms with E-state index in [0.29, 0.717) is 0 Å². The molecular weight excluding hydrogens is 341 g/mol. The Balaban J connectivity index is 0.00000242. The first-order chi connectivity index (χ1) is 9.69. The number of hydrogen-bond acceptors (Lipinski definition) is 9. The van der Waals surface area contributed by atoms with Crippen molar-refractivity contribution < 1.29 is 33.8 Å². The average molecular weight is 360 g/mol. The van der Waals surface area contributed by atoms with E-state index in [1.54, 1.807) is 0 Å². The zero-order chi connectivity index (χ0) is 15.8. The van der Waals surface area contributed by atoms with E-state index in [-0.39, 0.29) is 12.3 Å². The number of phosphoric ester groups is 1. The van der Waals surface area contributed by atoms with E-state index in [0.717, 1.165) is 16.8 Å². The van der Waals surface area contributed by atoms with E-state index in [1.165, 1.54) is 0 Å². The molecule has 2 heterocycles. The highest BCUT2D eigenvalue weighted by Gasteiger charge is 2.44. The van der Waals surface area contributed by atoms with Crippen molar-refractivity contribution >= 4 is 7.82 Å². The second-order valence-corrected chi connectivity index (χ2v) is 5.59. The van der Waals surface area contributed by atoms with Gasteiger partial charge in [-0.1, -0.05) is 0 Å². The lowest BCUT2D eigenvalue weighted by Gasteiger charge is -2.16. The highest BCUT2D eigenvalue weighted by atomic mass is 31.2. The molecule has 11 N–H and O–H groups in total. The third kappa shape index (κ3) is 5.04. The van der Waals surface area contributed by atoms with Crippen LogP contribution in [0.25, 0.3) is 0 Å². The Labute approximate surface area is 128 Å². The van der Waals surface area contributed by atoms with Gasteiger partial charge in [0.2, 0.25) is 0 Å². The summed E-state index contributed by atoms with van der Waals surface area (Å²) in [5, 5.41) is 19.6. The van der Waals surface area contributed by atoms with Crippen molar-refractivity contribution in [2.45, 2.75) is 24.5 Å². The van der Waals surface area contributed by atoms with Gasteiger partial charge in [-0.25, -0.2) is 9.36 Å². The number of phosphoric acid groups is 1. The van der Waals surface area contributed by atoms with Crippen LogP contribution in [0.2, 0.25) is 0 Å². The summed E-state index contributed by atoms with van der Waals surface area (Å²) in [4.78, 5) is 41.6. The summed E-state index contributed by atoms with van der Waals surface area (Å²) in [7, 11) is -4.76. The number of hydrogen-bond donors (Lipinski definition) is 7. The third-order valence-corrected chi connectivity index (χ3v) is 3.35. The molecule has 4 atom stereocenters. The summed E-state index contributed by atoms with van der Waals surface area (Å²) in [5.41, 5.74) is -1.51. The van der Waals surface area contributed by atoms with E-state index in [2.05, 4.69) is 4.52 Å². The van der Waals surface area contributed by atoms with Gasteiger partial charge in [-0.3, -0.25) is 18.9 Å². The van der Waals surface area contributed by atoms with Crippen LogP contribution in [0.5, 0.6) is 0 Å². The maximum atomic E-state index is 11.6. The average Bonchev–Trinajstić information content (AvgIpc) is 2.64. The standard InChI is InChI=1S/C9H13N2O9P.2H3N/c12-5-1-2-11(9(15)10-5)8-7(14)6(13)4(20-8)3-19-21(16,17)18;;/h1-2,4,6-8,13-14H,3H2,(H,10,12,15)(H2,16,17,18);2*1H3/t4-,6-,7-,8-;;/m1../s1/i9+2;;. The summed E-state index contributed by atoms with van der Waals surface area (Å²) in [5.74, 6) is 0. The van der Waals surface area contributed by atoms with Crippen molar-refractivity contribution in [1.29, 1.82) is 0 Å². The Morgan fingerprint density at radius 3 is 2.48 bits per heavy atom. The summed E-state index contributed by atoms with van der Waals surface area (Å²) >= 11 is 0. The predicted octanol–water partition coefficient (Wildman–Crippen LogP) is -2.41. The molecule has 0 amide bonds. The number of nitrogens with one attached hydrogen (secondary N) is 1. The minimum Gasteiger partial charge on any atom is -0.387 e. The van der Waals surface area contributed by atoms with E-state index in [4.69, 9.17) is 14.5 Å². The zero-order valence-electron chi connectivity index (χ0n) is 11.8. The summed E-state index contributed by atoms with van der Waals surface area (Å²) in [6.07, 6.45) is -4.58. The number of aromatic nitrogens is 2. The van der Waals surface area contributed by atoms with Crippen LogP contribution in [0.4, 0.5) is 0 Å². The summed E-state index contributed by atoms with van der Waals surface area (Å²) in [6, 6.07) is 1.02. The molecule has 0 bridgehead atoms. The Morgan fingerprint density at radius 1 is 1.35 bits per heavy atom. The minimum absolute atomic E-state index is 0. The van der Waals surface area contributed by atoms with Gasteiger partial charge in [0.15, 0.2) is 6.23 Å². The second-order valence-electron chi connectivity index (χ2n) is 4.35. The molecule has 0 aliphatic carbocycles. The Hall–Kier alpha value is -1.41. The van der Waals surface area contributed by atoms with E-state index >= 15 is 0 Å². The smallest absolute Gasteiger partial charge is 0.387 e. The van der Waals surface area contributed by atoms with Crippen molar-refractivity contribution in [3.8, 4) is 0 Å². The number of aromatic amines is 1. The molecule has 23 heavy (non-hydrogen) atoms. The maximum Gasteiger partial charge on any atom is 0.469 e.